The molecule has 2 aliphatic heterocycles. The lowest BCUT2D eigenvalue weighted by Gasteiger charge is -2.46. The van der Waals surface area contributed by atoms with E-state index in [4.69, 9.17) is 9.47 Å². The molecule has 0 radical (unpaired) electrons. The second kappa shape index (κ2) is 8.35. The predicted molar refractivity (Wildman–Crippen MR) is 118 cm³/mol. The number of ether oxygens (including phenoxy) is 2. The highest BCUT2D eigenvalue weighted by Crippen LogP contribution is 2.50. The minimum absolute atomic E-state index is 0.0269. The molecule has 3 atom stereocenters. The van der Waals surface area contributed by atoms with Crippen LogP contribution in [-0.4, -0.2) is 58.1 Å². The molecule has 184 valence electrons. The highest BCUT2D eigenvalue weighted by Gasteiger charge is 2.44. The van der Waals surface area contributed by atoms with Crippen LogP contribution in [-0.2, 0) is 10.9 Å². The van der Waals surface area contributed by atoms with Gasteiger partial charge in [0, 0.05) is 6.54 Å². The number of likely N-dealkylation sites (tertiary alicyclic amines) is 1. The molecule has 0 aliphatic carbocycles. The number of amides is 1. The van der Waals surface area contributed by atoms with Gasteiger partial charge in [0.2, 0.25) is 0 Å². The second-order valence-electron chi connectivity index (χ2n) is 9.63. The summed E-state index contributed by atoms with van der Waals surface area (Å²) in [5, 5.41) is 21.5. The topological polar surface area (TPSA) is 82.5 Å². The number of hydrogen-bond donors (Lipinski definition) is 2. The molecule has 2 aromatic rings. The number of carbonyl (C=O) groups excluding carboxylic acids is 1. The zero-order chi connectivity index (χ0) is 25.0. The van der Waals surface area contributed by atoms with E-state index in [0.717, 1.165) is 17.7 Å². The number of piperidine rings is 1. The van der Waals surface area contributed by atoms with Crippen molar-refractivity contribution < 1.29 is 37.7 Å². The predicted octanol–water partition coefficient (Wildman–Crippen LogP) is 4.60. The highest BCUT2D eigenvalue weighted by atomic mass is 19.4. The number of hydrogen-bond acceptors (Lipinski definition) is 6. The van der Waals surface area contributed by atoms with Gasteiger partial charge in [0.1, 0.15) is 11.7 Å². The molecule has 1 amide bonds. The van der Waals surface area contributed by atoms with Crippen molar-refractivity contribution in [2.75, 3.05) is 18.0 Å². The molecule has 0 aromatic heterocycles. The molecule has 1 fully saturated rings. The van der Waals surface area contributed by atoms with Crippen LogP contribution >= 0.6 is 0 Å². The largest absolute Gasteiger partial charge is 0.453 e. The van der Waals surface area contributed by atoms with Crippen molar-refractivity contribution in [1.29, 1.82) is 0 Å². The molecular weight excluding hydrogens is 453 g/mol. The molecule has 34 heavy (non-hydrogen) atoms. The summed E-state index contributed by atoms with van der Waals surface area (Å²) in [6.07, 6.45) is -7.81. The van der Waals surface area contributed by atoms with E-state index < -0.39 is 41.7 Å². The standard InChI is InChI=1S/C24H27F3N2O5/c1-13-5-7-15-19(9-13)33-20-10-14(24(25,26)27)6-8-16(20)29(15)17-11-28(12-18(30)21(17)31)22(32)34-23(2,3)4/h5-10,17-18,21,30-31H,11-12H2,1-4H3/t17-,18-,21+/m0/s1. The number of aliphatic hydroxyl groups excluding tert-OH is 2. The Morgan fingerprint density at radius 1 is 1.03 bits per heavy atom. The summed E-state index contributed by atoms with van der Waals surface area (Å²) in [6.45, 7) is 6.80. The first kappa shape index (κ1) is 24.2. The number of β-amino-alcohol motifs (C(OH)–C–C–N with tert-alkyl or cyclic N) is 1. The molecule has 2 aliphatic rings. The van der Waals surface area contributed by atoms with Crippen molar-refractivity contribution in [3.63, 3.8) is 0 Å². The lowest BCUT2D eigenvalue weighted by molar-refractivity contribution is -0.137. The molecule has 2 N–H and O–H groups in total. The normalized spacial score (nSPS) is 22.6. The summed E-state index contributed by atoms with van der Waals surface area (Å²) in [7, 11) is 0. The first-order chi connectivity index (χ1) is 15.7. The van der Waals surface area contributed by atoms with Crippen LogP contribution in [0.1, 0.15) is 31.9 Å². The molecule has 4 rings (SSSR count). The molecule has 2 aromatic carbocycles. The molecule has 0 spiro atoms. The molecular formula is C24H27F3N2O5. The number of aliphatic hydroxyl groups is 2. The average molecular weight is 480 g/mol. The lowest BCUT2D eigenvalue weighted by atomic mass is 9.95. The smallest absolute Gasteiger partial charge is 0.416 e. The van der Waals surface area contributed by atoms with Crippen molar-refractivity contribution in [1.82, 2.24) is 4.90 Å². The Bertz CT molecular complexity index is 1100. The van der Waals surface area contributed by atoms with E-state index in [0.29, 0.717) is 11.4 Å². The minimum atomic E-state index is -4.57. The van der Waals surface area contributed by atoms with E-state index in [1.807, 2.05) is 13.0 Å². The zero-order valence-electron chi connectivity index (χ0n) is 19.3. The minimum Gasteiger partial charge on any atom is -0.453 e. The Kier molecular flexibility index (Phi) is 5.93. The summed E-state index contributed by atoms with van der Waals surface area (Å²) >= 11 is 0. The number of aryl methyl sites for hydroxylation is 1. The number of fused-ring (bicyclic) bond motifs is 2. The van der Waals surface area contributed by atoms with Crippen LogP contribution in [0.15, 0.2) is 36.4 Å². The maximum absolute atomic E-state index is 13.4. The monoisotopic (exact) mass is 480 g/mol. The maximum Gasteiger partial charge on any atom is 0.416 e. The van der Waals surface area contributed by atoms with Crippen molar-refractivity contribution in [2.24, 2.45) is 0 Å². The Labute approximate surface area is 195 Å². The van der Waals surface area contributed by atoms with Gasteiger partial charge in [-0.2, -0.15) is 13.2 Å². The summed E-state index contributed by atoms with van der Waals surface area (Å²) in [5.41, 5.74) is -0.0282. The third kappa shape index (κ3) is 4.65. The molecule has 0 saturated carbocycles. The van der Waals surface area contributed by atoms with Gasteiger partial charge in [0.15, 0.2) is 11.5 Å². The fourth-order valence-electron chi connectivity index (χ4n) is 4.19. The molecule has 7 nitrogen and oxygen atoms in total. The SMILES string of the molecule is Cc1ccc2c(c1)Oc1cc(C(F)(F)F)ccc1N2[C@H]1CN(C(=O)OC(C)(C)C)C[C@H](O)[C@@H]1O. The average Bonchev–Trinajstić information content (AvgIpc) is 2.71. The highest BCUT2D eigenvalue weighted by molar-refractivity contribution is 5.80. The van der Waals surface area contributed by atoms with Gasteiger partial charge < -0.3 is 29.5 Å². The fraction of sp³-hybridized carbons (Fsp3) is 0.458. The number of rotatable bonds is 1. The van der Waals surface area contributed by atoms with E-state index in [2.05, 4.69) is 0 Å². The van der Waals surface area contributed by atoms with Gasteiger partial charge in [-0.15, -0.1) is 0 Å². The van der Waals surface area contributed by atoms with E-state index in [9.17, 15) is 28.2 Å². The van der Waals surface area contributed by atoms with Gasteiger partial charge in [-0.25, -0.2) is 4.79 Å². The van der Waals surface area contributed by atoms with Crippen molar-refractivity contribution >= 4 is 17.5 Å². The number of nitrogens with zero attached hydrogens (tertiary/aromatic N) is 2. The van der Waals surface area contributed by atoms with Gasteiger partial charge in [-0.3, -0.25) is 0 Å². The van der Waals surface area contributed by atoms with E-state index in [1.54, 1.807) is 37.8 Å². The van der Waals surface area contributed by atoms with Gasteiger partial charge >= 0.3 is 12.3 Å². The number of halogens is 3. The summed E-state index contributed by atoms with van der Waals surface area (Å²) in [4.78, 5) is 15.6. The molecule has 2 heterocycles. The second-order valence-corrected chi connectivity index (χ2v) is 9.63. The van der Waals surface area contributed by atoms with Crippen LogP contribution in [0.2, 0.25) is 0 Å². The van der Waals surface area contributed by atoms with Crippen LogP contribution in [0.25, 0.3) is 0 Å². The third-order valence-corrected chi connectivity index (χ3v) is 5.73. The van der Waals surface area contributed by atoms with Crippen LogP contribution in [0.5, 0.6) is 11.5 Å². The summed E-state index contributed by atoms with van der Waals surface area (Å²) < 4.78 is 51.3. The van der Waals surface area contributed by atoms with Crippen molar-refractivity contribution in [3.8, 4) is 11.5 Å². The maximum atomic E-state index is 13.4. The Morgan fingerprint density at radius 3 is 2.26 bits per heavy atom. The summed E-state index contributed by atoms with van der Waals surface area (Å²) in [6, 6.07) is 7.46. The lowest BCUT2D eigenvalue weighted by Crippen LogP contribution is -2.62. The quantitative estimate of drug-likeness (QED) is 0.621. The Morgan fingerprint density at radius 2 is 1.65 bits per heavy atom. The first-order valence-electron chi connectivity index (χ1n) is 10.9. The van der Waals surface area contributed by atoms with Crippen LogP contribution in [0.4, 0.5) is 29.3 Å². The van der Waals surface area contributed by atoms with E-state index in [-0.39, 0.29) is 24.5 Å². The fourth-order valence-corrected chi connectivity index (χ4v) is 4.19. The van der Waals surface area contributed by atoms with Crippen molar-refractivity contribution in [3.05, 3.63) is 47.5 Å². The number of carbonyl (C=O) groups is 1. The van der Waals surface area contributed by atoms with Crippen molar-refractivity contribution in [2.45, 2.75) is 57.7 Å². The van der Waals surface area contributed by atoms with Crippen LogP contribution in [0.3, 0.4) is 0 Å². The van der Waals surface area contributed by atoms with Crippen LogP contribution in [0, 0.1) is 6.92 Å². The Hall–Kier alpha value is -2.98. The summed E-state index contributed by atoms with van der Waals surface area (Å²) in [5.74, 6) is 0.270. The third-order valence-electron chi connectivity index (χ3n) is 5.73. The number of anilines is 2. The first-order valence-corrected chi connectivity index (χ1v) is 10.9. The molecule has 1 saturated heterocycles. The molecule has 10 heteroatoms. The van der Waals surface area contributed by atoms with Gasteiger partial charge in [-0.05, 0) is 63.6 Å². The van der Waals surface area contributed by atoms with E-state index >= 15 is 0 Å². The molecule has 0 unspecified atom stereocenters. The molecule has 0 bridgehead atoms. The van der Waals surface area contributed by atoms with Gasteiger partial charge in [-0.1, -0.05) is 6.07 Å². The van der Waals surface area contributed by atoms with Gasteiger partial charge in [0.05, 0.1) is 35.6 Å². The Balaban J connectivity index is 1.78. The van der Waals surface area contributed by atoms with Gasteiger partial charge in [0.25, 0.3) is 0 Å². The number of alkyl halides is 3. The zero-order valence-corrected chi connectivity index (χ0v) is 19.3. The van der Waals surface area contributed by atoms with E-state index in [1.165, 1.54) is 11.0 Å². The number of benzene rings is 2. The van der Waals surface area contributed by atoms with Crippen LogP contribution < -0.4 is 9.64 Å².